The van der Waals surface area contributed by atoms with Gasteiger partial charge in [-0.3, -0.25) is 9.59 Å². The first kappa shape index (κ1) is 19.5. The van der Waals surface area contributed by atoms with E-state index in [1.807, 2.05) is 19.1 Å². The van der Waals surface area contributed by atoms with E-state index in [1.54, 1.807) is 23.1 Å². The molecule has 8 heteroatoms. The van der Waals surface area contributed by atoms with E-state index in [-0.39, 0.29) is 18.1 Å². The van der Waals surface area contributed by atoms with E-state index < -0.39 is 5.60 Å². The maximum absolute atomic E-state index is 13.3. The number of amides is 1. The fourth-order valence-corrected chi connectivity index (χ4v) is 5.40. The van der Waals surface area contributed by atoms with Crippen LogP contribution in [0.4, 0.5) is 5.00 Å². The Morgan fingerprint density at radius 3 is 2.81 bits per heavy atom. The number of rotatable bonds is 1. The molecule has 3 aromatic rings. The summed E-state index contributed by atoms with van der Waals surface area (Å²) in [4.78, 5) is 33.1. The number of pyridine rings is 1. The number of benzene rings is 1. The first-order valence-corrected chi connectivity index (χ1v) is 10.9. The van der Waals surface area contributed by atoms with Gasteiger partial charge in [0.1, 0.15) is 21.2 Å². The highest BCUT2D eigenvalue weighted by Gasteiger charge is 2.44. The van der Waals surface area contributed by atoms with Gasteiger partial charge in [0, 0.05) is 37.0 Å². The number of likely N-dealkylation sites (tertiary alicyclic amines) is 1. The lowest BCUT2D eigenvalue weighted by Gasteiger charge is -2.44. The average Bonchev–Trinajstić information content (AvgIpc) is 3.08. The molecule has 1 amide bonds. The molecule has 7 nitrogen and oxygen atoms in total. The van der Waals surface area contributed by atoms with Gasteiger partial charge < -0.3 is 15.4 Å². The monoisotopic (exact) mass is 432 g/mol. The maximum Gasteiger partial charge on any atom is 0.257 e. The van der Waals surface area contributed by atoms with Crippen molar-refractivity contribution in [3.8, 4) is 11.8 Å². The van der Waals surface area contributed by atoms with Crippen LogP contribution in [0, 0.1) is 18.3 Å². The predicted octanol–water partition coefficient (Wildman–Crippen LogP) is 3.70. The van der Waals surface area contributed by atoms with Crippen LogP contribution in [-0.4, -0.2) is 40.3 Å². The van der Waals surface area contributed by atoms with E-state index in [0.717, 1.165) is 15.9 Å². The minimum absolute atomic E-state index is 0.0207. The molecular formula is C23H20N4O3S. The lowest BCUT2D eigenvalue weighted by molar-refractivity contribution is -0.00562. The summed E-state index contributed by atoms with van der Waals surface area (Å²) in [5, 5.41) is 10.3. The number of nitriles is 1. The zero-order valence-corrected chi connectivity index (χ0v) is 17.8. The van der Waals surface area contributed by atoms with Gasteiger partial charge in [-0.1, -0.05) is 11.3 Å². The maximum atomic E-state index is 13.3. The van der Waals surface area contributed by atoms with Crippen LogP contribution < -0.4 is 10.5 Å². The third-order valence-corrected chi connectivity index (χ3v) is 7.04. The second kappa shape index (κ2) is 7.06. The molecule has 0 atom stereocenters. The van der Waals surface area contributed by atoms with Crippen molar-refractivity contribution in [3.63, 3.8) is 0 Å². The molecule has 1 saturated heterocycles. The molecule has 2 aliphatic heterocycles. The second-order valence-electron chi connectivity index (χ2n) is 8.15. The van der Waals surface area contributed by atoms with E-state index in [9.17, 15) is 9.59 Å². The highest BCUT2D eigenvalue weighted by Crippen LogP contribution is 2.41. The van der Waals surface area contributed by atoms with Crippen LogP contribution >= 0.6 is 11.3 Å². The van der Waals surface area contributed by atoms with Crippen molar-refractivity contribution in [2.75, 3.05) is 18.8 Å². The van der Waals surface area contributed by atoms with Crippen molar-refractivity contribution in [2.24, 2.45) is 0 Å². The number of nitrogen functional groups attached to an aromatic ring is 1. The molecule has 0 radical (unpaired) electrons. The van der Waals surface area contributed by atoms with Gasteiger partial charge >= 0.3 is 0 Å². The molecule has 31 heavy (non-hydrogen) atoms. The summed E-state index contributed by atoms with van der Waals surface area (Å²) in [7, 11) is 0. The average molecular weight is 433 g/mol. The quantitative estimate of drug-likeness (QED) is 0.628. The first-order valence-electron chi connectivity index (χ1n) is 10.1. The van der Waals surface area contributed by atoms with Gasteiger partial charge in [-0.05, 0) is 37.3 Å². The molecule has 2 N–H and O–H groups in total. The summed E-state index contributed by atoms with van der Waals surface area (Å²) < 4.78 is 6.26. The summed E-state index contributed by atoms with van der Waals surface area (Å²) in [6.07, 6.45) is 1.37. The fraction of sp³-hybridized carbons (Fsp3) is 0.304. The zero-order valence-electron chi connectivity index (χ0n) is 17.0. The van der Waals surface area contributed by atoms with Crippen LogP contribution in [0.15, 0.2) is 30.3 Å². The van der Waals surface area contributed by atoms with Crippen LogP contribution in [0.2, 0.25) is 0 Å². The fourth-order valence-electron chi connectivity index (χ4n) is 4.43. The van der Waals surface area contributed by atoms with Gasteiger partial charge in [-0.2, -0.15) is 5.26 Å². The van der Waals surface area contributed by atoms with Crippen molar-refractivity contribution in [3.05, 3.63) is 52.7 Å². The highest BCUT2D eigenvalue weighted by atomic mass is 32.1. The molecule has 156 valence electrons. The number of Topliss-reactive ketones (excluding diaryl/α,β-unsaturated/α-hetero) is 1. The normalized spacial score (nSPS) is 17.3. The molecule has 0 bridgehead atoms. The number of thiophene rings is 1. The first-order chi connectivity index (χ1) is 14.9. The number of piperidine rings is 1. The Labute approximate surface area is 183 Å². The van der Waals surface area contributed by atoms with E-state index in [4.69, 9.17) is 15.7 Å². The number of nitrogens with two attached hydrogens (primary N) is 1. The Morgan fingerprint density at radius 2 is 2.06 bits per heavy atom. The molecule has 0 unspecified atom stereocenters. The minimum atomic E-state index is -0.615. The summed E-state index contributed by atoms with van der Waals surface area (Å²) in [5.74, 6) is 0.391. The molecule has 0 aliphatic carbocycles. The minimum Gasteiger partial charge on any atom is -0.486 e. The molecule has 5 rings (SSSR count). The number of ketones is 1. The van der Waals surface area contributed by atoms with Gasteiger partial charge in [-0.15, -0.1) is 0 Å². The van der Waals surface area contributed by atoms with Gasteiger partial charge in [0.15, 0.2) is 5.78 Å². The molecular weight excluding hydrogens is 412 g/mol. The Morgan fingerprint density at radius 1 is 1.29 bits per heavy atom. The topological polar surface area (TPSA) is 109 Å². The van der Waals surface area contributed by atoms with Crippen LogP contribution in [0.25, 0.3) is 10.2 Å². The number of aryl methyl sites for hydroxylation is 1. The van der Waals surface area contributed by atoms with Crippen molar-refractivity contribution >= 4 is 38.2 Å². The van der Waals surface area contributed by atoms with Crippen LogP contribution in [-0.2, 0) is 0 Å². The molecule has 0 saturated carbocycles. The molecule has 2 aromatic heterocycles. The number of ether oxygens (including phenoxy) is 1. The molecule has 1 fully saturated rings. The number of carbonyl (C=O) groups excluding carboxylic acids is 2. The Kier molecular flexibility index (Phi) is 4.45. The van der Waals surface area contributed by atoms with Crippen LogP contribution in [0.3, 0.4) is 0 Å². The molecule has 2 aliphatic rings. The Bertz CT molecular complexity index is 1280. The number of hydrogen-bond acceptors (Lipinski definition) is 7. The number of fused-ring (bicyclic) bond motifs is 2. The van der Waals surface area contributed by atoms with Crippen molar-refractivity contribution in [2.45, 2.75) is 31.8 Å². The number of anilines is 1. The highest BCUT2D eigenvalue weighted by molar-refractivity contribution is 7.22. The van der Waals surface area contributed by atoms with Crippen LogP contribution in [0.5, 0.6) is 5.75 Å². The third-order valence-electron chi connectivity index (χ3n) is 6.12. The van der Waals surface area contributed by atoms with E-state index >= 15 is 0 Å². The summed E-state index contributed by atoms with van der Waals surface area (Å²) in [6, 6.07) is 10.8. The van der Waals surface area contributed by atoms with Gasteiger partial charge in [0.2, 0.25) is 0 Å². The molecule has 4 heterocycles. The Balaban J connectivity index is 1.36. The largest absolute Gasteiger partial charge is 0.486 e. The van der Waals surface area contributed by atoms with Crippen molar-refractivity contribution < 1.29 is 14.3 Å². The van der Waals surface area contributed by atoms with E-state index in [1.165, 1.54) is 11.3 Å². The number of nitrogens with zero attached hydrogens (tertiary/aromatic N) is 3. The Hall–Kier alpha value is -3.44. The summed E-state index contributed by atoms with van der Waals surface area (Å²) in [6.45, 7) is 2.87. The lowest BCUT2D eigenvalue weighted by Crippen LogP contribution is -2.52. The zero-order chi connectivity index (χ0) is 21.8. The van der Waals surface area contributed by atoms with Crippen molar-refractivity contribution in [1.82, 2.24) is 9.88 Å². The smallest absolute Gasteiger partial charge is 0.257 e. The van der Waals surface area contributed by atoms with Crippen LogP contribution in [0.1, 0.15) is 51.2 Å². The second-order valence-corrected chi connectivity index (χ2v) is 9.18. The number of carbonyl (C=O) groups is 2. The van der Waals surface area contributed by atoms with Gasteiger partial charge in [0.25, 0.3) is 5.91 Å². The van der Waals surface area contributed by atoms with Gasteiger partial charge in [0.05, 0.1) is 29.2 Å². The SMILES string of the molecule is Cc1ccc2c(C(=O)N3CCC4(CC3)CC(=O)c3cc(C#N)ccc3O4)c(N)sc2n1. The van der Waals surface area contributed by atoms with Gasteiger partial charge in [-0.25, -0.2) is 4.98 Å². The van der Waals surface area contributed by atoms with E-state index in [2.05, 4.69) is 11.1 Å². The van der Waals surface area contributed by atoms with Crippen molar-refractivity contribution in [1.29, 1.82) is 5.26 Å². The van der Waals surface area contributed by atoms with E-state index in [0.29, 0.717) is 53.4 Å². The third kappa shape index (κ3) is 3.22. The predicted molar refractivity (Wildman–Crippen MR) is 117 cm³/mol. The standard InChI is InChI=1S/C23H20N4O3S/c1-13-2-4-15-19(20(25)31-21(15)26-13)22(29)27-8-6-23(7-9-27)11-17(28)16-10-14(12-24)3-5-18(16)30-23/h2-5,10H,6-9,11,25H2,1H3. The number of aromatic nitrogens is 1. The number of hydrogen-bond donors (Lipinski definition) is 1. The molecule has 1 aromatic carbocycles. The lowest BCUT2D eigenvalue weighted by atomic mass is 9.82. The summed E-state index contributed by atoms with van der Waals surface area (Å²) in [5.41, 5.74) is 7.87. The molecule has 1 spiro atoms. The summed E-state index contributed by atoms with van der Waals surface area (Å²) >= 11 is 1.33.